The standard InChI is InChI=1S/C11H18N2S/c1-9-3-2-4-10(13-9)5-6-11-12-7-8-14-11/h7-10,13H,2-6H2,1H3. The number of nitrogens with zero attached hydrogens (tertiary/aromatic N) is 1. The van der Waals surface area contributed by atoms with Crippen molar-refractivity contribution in [2.75, 3.05) is 0 Å². The van der Waals surface area contributed by atoms with Crippen LogP contribution in [0.2, 0.25) is 0 Å². The lowest BCUT2D eigenvalue weighted by Gasteiger charge is -2.28. The van der Waals surface area contributed by atoms with E-state index in [9.17, 15) is 0 Å². The van der Waals surface area contributed by atoms with E-state index in [1.165, 1.54) is 30.7 Å². The van der Waals surface area contributed by atoms with Crippen LogP contribution < -0.4 is 5.32 Å². The van der Waals surface area contributed by atoms with Crippen molar-refractivity contribution in [3.05, 3.63) is 16.6 Å². The normalized spacial score (nSPS) is 27.8. The summed E-state index contributed by atoms with van der Waals surface area (Å²) < 4.78 is 0. The maximum absolute atomic E-state index is 4.31. The molecule has 1 saturated heterocycles. The summed E-state index contributed by atoms with van der Waals surface area (Å²) in [6, 6.07) is 1.44. The Hall–Kier alpha value is -0.410. The van der Waals surface area contributed by atoms with Crippen LogP contribution in [0.15, 0.2) is 11.6 Å². The molecule has 1 fully saturated rings. The molecule has 2 atom stereocenters. The Morgan fingerprint density at radius 3 is 3.21 bits per heavy atom. The first-order chi connectivity index (χ1) is 6.84. The summed E-state index contributed by atoms with van der Waals surface area (Å²) in [5.74, 6) is 0. The molecule has 1 aromatic rings. The molecule has 0 radical (unpaired) electrons. The molecule has 0 aliphatic carbocycles. The number of aryl methyl sites for hydroxylation is 1. The van der Waals surface area contributed by atoms with Crippen LogP contribution in [-0.2, 0) is 6.42 Å². The molecule has 0 aromatic carbocycles. The highest BCUT2D eigenvalue weighted by atomic mass is 32.1. The average Bonchev–Trinajstić information content (AvgIpc) is 2.67. The monoisotopic (exact) mass is 210 g/mol. The molecule has 2 unspecified atom stereocenters. The maximum atomic E-state index is 4.31. The highest BCUT2D eigenvalue weighted by molar-refractivity contribution is 7.09. The fraction of sp³-hybridized carbons (Fsp3) is 0.727. The maximum Gasteiger partial charge on any atom is 0.0925 e. The Labute approximate surface area is 89.8 Å². The van der Waals surface area contributed by atoms with Crippen LogP contribution in [0, 0.1) is 0 Å². The van der Waals surface area contributed by atoms with Gasteiger partial charge in [0.1, 0.15) is 0 Å². The quantitative estimate of drug-likeness (QED) is 0.829. The zero-order valence-corrected chi connectivity index (χ0v) is 9.52. The number of piperidine rings is 1. The second-order valence-corrected chi connectivity index (χ2v) is 5.14. The van der Waals surface area contributed by atoms with Gasteiger partial charge >= 0.3 is 0 Å². The molecular weight excluding hydrogens is 192 g/mol. The summed E-state index contributed by atoms with van der Waals surface area (Å²) >= 11 is 1.77. The number of nitrogens with one attached hydrogen (secondary N) is 1. The number of hydrogen-bond donors (Lipinski definition) is 1. The highest BCUT2D eigenvalue weighted by Crippen LogP contribution is 2.17. The van der Waals surface area contributed by atoms with Crippen LogP contribution in [0.25, 0.3) is 0 Å². The Kier molecular flexibility index (Phi) is 3.54. The molecule has 1 N–H and O–H groups in total. The number of hydrogen-bond acceptors (Lipinski definition) is 3. The van der Waals surface area contributed by atoms with Gasteiger partial charge in [0.2, 0.25) is 0 Å². The van der Waals surface area contributed by atoms with E-state index in [2.05, 4.69) is 22.6 Å². The highest BCUT2D eigenvalue weighted by Gasteiger charge is 2.17. The van der Waals surface area contributed by atoms with Crippen molar-refractivity contribution in [1.29, 1.82) is 0 Å². The molecule has 1 aromatic heterocycles. The summed E-state index contributed by atoms with van der Waals surface area (Å²) in [5, 5.41) is 7.00. The van der Waals surface area contributed by atoms with Crippen LogP contribution in [0.3, 0.4) is 0 Å². The molecule has 1 aliphatic heterocycles. The zero-order valence-electron chi connectivity index (χ0n) is 8.70. The van der Waals surface area contributed by atoms with Gasteiger partial charge in [0.25, 0.3) is 0 Å². The summed E-state index contributed by atoms with van der Waals surface area (Å²) in [6.45, 7) is 2.29. The van der Waals surface area contributed by atoms with Gasteiger partial charge in [0.15, 0.2) is 0 Å². The first-order valence-corrected chi connectivity index (χ1v) is 6.37. The summed E-state index contributed by atoms with van der Waals surface area (Å²) in [5.41, 5.74) is 0. The smallest absolute Gasteiger partial charge is 0.0925 e. The third-order valence-electron chi connectivity index (χ3n) is 2.90. The number of rotatable bonds is 3. The van der Waals surface area contributed by atoms with E-state index >= 15 is 0 Å². The van der Waals surface area contributed by atoms with Gasteiger partial charge in [0, 0.05) is 30.1 Å². The van der Waals surface area contributed by atoms with Crippen molar-refractivity contribution < 1.29 is 0 Å². The lowest BCUT2D eigenvalue weighted by molar-refractivity contribution is 0.322. The minimum atomic E-state index is 0.713. The molecule has 0 amide bonds. The number of aromatic nitrogens is 1. The molecule has 1 aliphatic rings. The Bertz CT molecular complexity index is 258. The zero-order chi connectivity index (χ0) is 9.80. The molecule has 0 bridgehead atoms. The van der Waals surface area contributed by atoms with Crippen molar-refractivity contribution in [2.24, 2.45) is 0 Å². The summed E-state index contributed by atoms with van der Waals surface area (Å²) in [4.78, 5) is 4.31. The van der Waals surface area contributed by atoms with E-state index in [-0.39, 0.29) is 0 Å². The van der Waals surface area contributed by atoms with Gasteiger partial charge in [0.05, 0.1) is 5.01 Å². The second-order valence-electron chi connectivity index (χ2n) is 4.16. The fourth-order valence-electron chi connectivity index (χ4n) is 2.14. The Balaban J connectivity index is 1.75. The Morgan fingerprint density at radius 2 is 2.50 bits per heavy atom. The summed E-state index contributed by atoms with van der Waals surface area (Å²) in [7, 11) is 0. The van der Waals surface area contributed by atoms with Crippen LogP contribution >= 0.6 is 11.3 Å². The van der Waals surface area contributed by atoms with Gasteiger partial charge in [-0.2, -0.15) is 0 Å². The minimum absolute atomic E-state index is 0.713. The second kappa shape index (κ2) is 4.89. The largest absolute Gasteiger partial charge is 0.311 e. The molecular formula is C11H18N2S. The molecule has 78 valence electrons. The van der Waals surface area contributed by atoms with Crippen LogP contribution in [0.1, 0.15) is 37.6 Å². The fourth-order valence-corrected chi connectivity index (χ4v) is 2.78. The van der Waals surface area contributed by atoms with Crippen molar-refractivity contribution in [2.45, 2.75) is 51.1 Å². The van der Waals surface area contributed by atoms with Crippen LogP contribution in [0.5, 0.6) is 0 Å². The van der Waals surface area contributed by atoms with Gasteiger partial charge in [-0.05, 0) is 26.2 Å². The van der Waals surface area contributed by atoms with E-state index in [1.807, 2.05) is 6.20 Å². The predicted octanol–water partition coefficient (Wildman–Crippen LogP) is 2.61. The topological polar surface area (TPSA) is 24.9 Å². The van der Waals surface area contributed by atoms with Crippen molar-refractivity contribution >= 4 is 11.3 Å². The molecule has 0 spiro atoms. The van der Waals surface area contributed by atoms with Crippen LogP contribution in [0.4, 0.5) is 0 Å². The van der Waals surface area contributed by atoms with Crippen molar-refractivity contribution in [3.63, 3.8) is 0 Å². The molecule has 14 heavy (non-hydrogen) atoms. The number of thiazole rings is 1. The first-order valence-electron chi connectivity index (χ1n) is 5.49. The van der Waals surface area contributed by atoms with Gasteiger partial charge < -0.3 is 5.32 Å². The minimum Gasteiger partial charge on any atom is -0.311 e. The van der Waals surface area contributed by atoms with E-state index in [4.69, 9.17) is 0 Å². The average molecular weight is 210 g/mol. The first kappa shape index (κ1) is 10.1. The van der Waals surface area contributed by atoms with Gasteiger partial charge in [-0.3, -0.25) is 0 Å². The molecule has 0 saturated carbocycles. The van der Waals surface area contributed by atoms with E-state index in [0.717, 1.165) is 12.5 Å². The SMILES string of the molecule is CC1CCCC(CCc2nccs2)N1. The third kappa shape index (κ3) is 2.79. The van der Waals surface area contributed by atoms with Crippen LogP contribution in [-0.4, -0.2) is 17.1 Å². The van der Waals surface area contributed by atoms with Gasteiger partial charge in [-0.25, -0.2) is 4.98 Å². The Morgan fingerprint density at radius 1 is 1.57 bits per heavy atom. The van der Waals surface area contributed by atoms with E-state index in [1.54, 1.807) is 11.3 Å². The molecule has 2 rings (SSSR count). The predicted molar refractivity (Wildman–Crippen MR) is 60.7 cm³/mol. The van der Waals surface area contributed by atoms with E-state index < -0.39 is 0 Å². The molecule has 2 heterocycles. The van der Waals surface area contributed by atoms with E-state index in [0.29, 0.717) is 6.04 Å². The lowest BCUT2D eigenvalue weighted by atomic mass is 9.96. The van der Waals surface area contributed by atoms with Crippen molar-refractivity contribution in [1.82, 2.24) is 10.3 Å². The lowest BCUT2D eigenvalue weighted by Crippen LogP contribution is -2.40. The molecule has 2 nitrogen and oxygen atoms in total. The summed E-state index contributed by atoms with van der Waals surface area (Å²) in [6.07, 6.45) is 8.36. The molecule has 3 heteroatoms. The van der Waals surface area contributed by atoms with Crippen molar-refractivity contribution in [3.8, 4) is 0 Å². The van der Waals surface area contributed by atoms with Gasteiger partial charge in [-0.15, -0.1) is 11.3 Å². The third-order valence-corrected chi connectivity index (χ3v) is 3.74. The van der Waals surface area contributed by atoms with Gasteiger partial charge in [-0.1, -0.05) is 6.42 Å².